The van der Waals surface area contributed by atoms with Crippen molar-refractivity contribution in [2.75, 3.05) is 13.1 Å². The zero-order valence-corrected chi connectivity index (χ0v) is 15.4. The molecule has 2 aromatic rings. The first-order valence-corrected chi connectivity index (χ1v) is 9.27. The van der Waals surface area contributed by atoms with Gasteiger partial charge in [-0.1, -0.05) is 24.3 Å². The molecule has 0 aliphatic carbocycles. The highest BCUT2D eigenvalue weighted by atomic mass is 16.6. The summed E-state index contributed by atoms with van der Waals surface area (Å²) < 4.78 is 0. The Labute approximate surface area is 158 Å². The molecule has 3 rings (SSSR count). The Morgan fingerprint density at radius 2 is 1.85 bits per heavy atom. The Morgan fingerprint density at radius 1 is 1.19 bits per heavy atom. The zero-order valence-electron chi connectivity index (χ0n) is 15.4. The molecule has 0 unspecified atom stereocenters. The van der Waals surface area contributed by atoms with Crippen LogP contribution in [0.5, 0.6) is 5.75 Å². The first kappa shape index (κ1) is 18.9. The van der Waals surface area contributed by atoms with Crippen LogP contribution in [0.25, 0.3) is 0 Å². The molecule has 0 bridgehead atoms. The molecule has 27 heavy (non-hydrogen) atoms. The molecule has 1 fully saturated rings. The van der Waals surface area contributed by atoms with Gasteiger partial charge in [0, 0.05) is 18.7 Å². The Balaban J connectivity index is 1.57. The number of likely N-dealkylation sites (tertiary alicyclic amines) is 1. The number of aromatic hydroxyl groups is 1. The van der Waals surface area contributed by atoms with Crippen LogP contribution in [0.1, 0.15) is 40.7 Å². The predicted octanol–water partition coefficient (Wildman–Crippen LogP) is 4.09. The summed E-state index contributed by atoms with van der Waals surface area (Å²) >= 11 is 0. The first-order chi connectivity index (χ1) is 13.0. The minimum Gasteiger partial charge on any atom is -0.508 e. The third kappa shape index (κ3) is 4.45. The minimum absolute atomic E-state index is 0.0862. The van der Waals surface area contributed by atoms with Crippen molar-refractivity contribution < 1.29 is 14.8 Å². The van der Waals surface area contributed by atoms with Crippen molar-refractivity contribution in [3.8, 4) is 5.75 Å². The van der Waals surface area contributed by atoms with Gasteiger partial charge in [0.2, 0.25) is 0 Å². The lowest BCUT2D eigenvalue weighted by Crippen LogP contribution is -2.38. The number of benzene rings is 2. The maximum absolute atomic E-state index is 12.8. The molecule has 0 atom stereocenters. The van der Waals surface area contributed by atoms with Crippen molar-refractivity contribution in [3.05, 3.63) is 69.3 Å². The van der Waals surface area contributed by atoms with Gasteiger partial charge in [-0.2, -0.15) is 0 Å². The molecule has 1 amide bonds. The van der Waals surface area contributed by atoms with E-state index in [1.807, 2.05) is 12.1 Å². The van der Waals surface area contributed by atoms with Gasteiger partial charge in [-0.15, -0.1) is 0 Å². The molecule has 142 valence electrons. The summed E-state index contributed by atoms with van der Waals surface area (Å²) in [6, 6.07) is 12.2. The Morgan fingerprint density at radius 3 is 2.48 bits per heavy atom. The Hall–Kier alpha value is -2.89. The molecule has 6 nitrogen and oxygen atoms in total. The van der Waals surface area contributed by atoms with E-state index in [2.05, 4.69) is 0 Å². The molecule has 0 radical (unpaired) electrons. The quantitative estimate of drug-likeness (QED) is 0.636. The third-order valence-corrected chi connectivity index (χ3v) is 5.33. The van der Waals surface area contributed by atoms with Crippen molar-refractivity contribution in [3.63, 3.8) is 0 Å². The van der Waals surface area contributed by atoms with Crippen LogP contribution < -0.4 is 0 Å². The molecular weight excluding hydrogens is 344 g/mol. The summed E-state index contributed by atoms with van der Waals surface area (Å²) in [5.74, 6) is 0.563. The summed E-state index contributed by atoms with van der Waals surface area (Å²) in [5.41, 5.74) is 1.80. The number of nitro benzene ring substituents is 1. The van der Waals surface area contributed by atoms with Gasteiger partial charge in [-0.25, -0.2) is 0 Å². The van der Waals surface area contributed by atoms with E-state index < -0.39 is 4.92 Å². The predicted molar refractivity (Wildman–Crippen MR) is 103 cm³/mol. The van der Waals surface area contributed by atoms with Crippen LogP contribution in [0.4, 0.5) is 5.69 Å². The van der Waals surface area contributed by atoms with E-state index in [-0.39, 0.29) is 22.9 Å². The highest BCUT2D eigenvalue weighted by Crippen LogP contribution is 2.28. The fourth-order valence-corrected chi connectivity index (χ4v) is 3.70. The zero-order chi connectivity index (χ0) is 19.4. The number of rotatable bonds is 5. The van der Waals surface area contributed by atoms with Crippen molar-refractivity contribution in [2.45, 2.75) is 32.6 Å². The van der Waals surface area contributed by atoms with Crippen LogP contribution in [0.15, 0.2) is 42.5 Å². The fraction of sp³-hybridized carbons (Fsp3) is 0.381. The van der Waals surface area contributed by atoms with Crippen molar-refractivity contribution in [2.24, 2.45) is 5.92 Å². The lowest BCUT2D eigenvalue weighted by molar-refractivity contribution is -0.385. The number of aryl methyl sites for hydroxylation is 2. The smallest absolute Gasteiger partial charge is 0.285 e. The molecular formula is C21H24N2O4. The van der Waals surface area contributed by atoms with E-state index in [4.69, 9.17) is 0 Å². The Bertz CT molecular complexity index is 825. The number of nitrogens with zero attached hydrogens (tertiary/aromatic N) is 2. The average molecular weight is 368 g/mol. The molecule has 1 aliphatic heterocycles. The van der Waals surface area contributed by atoms with E-state index in [1.165, 1.54) is 5.56 Å². The largest absolute Gasteiger partial charge is 0.508 e. The van der Waals surface area contributed by atoms with Crippen LogP contribution in [-0.4, -0.2) is 33.9 Å². The highest BCUT2D eigenvalue weighted by Gasteiger charge is 2.29. The summed E-state index contributed by atoms with van der Waals surface area (Å²) in [7, 11) is 0. The normalized spacial score (nSPS) is 14.9. The molecule has 1 saturated heterocycles. The van der Waals surface area contributed by atoms with Crippen LogP contribution in [0.2, 0.25) is 0 Å². The van der Waals surface area contributed by atoms with E-state index in [1.54, 1.807) is 42.2 Å². The second-order valence-corrected chi connectivity index (χ2v) is 7.17. The number of hydrogen-bond donors (Lipinski definition) is 1. The first-order valence-electron chi connectivity index (χ1n) is 9.27. The summed E-state index contributed by atoms with van der Waals surface area (Å²) in [6.07, 6.45) is 3.80. The molecule has 1 N–H and O–H groups in total. The molecule has 1 heterocycles. The van der Waals surface area contributed by atoms with Gasteiger partial charge in [0.25, 0.3) is 11.6 Å². The number of carbonyl (C=O) groups excluding carboxylic acids is 1. The van der Waals surface area contributed by atoms with Gasteiger partial charge in [-0.05, 0) is 62.3 Å². The average Bonchev–Trinajstić information content (AvgIpc) is 2.67. The number of piperidine rings is 1. The molecule has 0 spiro atoms. The maximum atomic E-state index is 12.8. The SMILES string of the molecule is Cc1cccc(C(=O)N2CCC(CCc3ccc(O)cc3)CC2)c1[N+](=O)[O-]. The van der Waals surface area contributed by atoms with Crippen LogP contribution in [0, 0.1) is 23.0 Å². The molecule has 6 heteroatoms. The van der Waals surface area contributed by atoms with Crippen molar-refractivity contribution >= 4 is 11.6 Å². The van der Waals surface area contributed by atoms with Crippen molar-refractivity contribution in [1.82, 2.24) is 4.90 Å². The highest BCUT2D eigenvalue weighted by molar-refractivity contribution is 5.98. The second kappa shape index (κ2) is 8.20. The number of nitro groups is 1. The van der Waals surface area contributed by atoms with Gasteiger partial charge in [0.05, 0.1) is 4.92 Å². The minimum atomic E-state index is -0.465. The number of para-hydroxylation sites is 1. The monoisotopic (exact) mass is 368 g/mol. The van der Waals surface area contributed by atoms with Gasteiger partial charge in [0.15, 0.2) is 0 Å². The molecule has 2 aromatic carbocycles. The number of carbonyl (C=O) groups is 1. The van der Waals surface area contributed by atoms with E-state index >= 15 is 0 Å². The van der Waals surface area contributed by atoms with E-state index in [0.29, 0.717) is 24.6 Å². The summed E-state index contributed by atoms with van der Waals surface area (Å²) in [6.45, 7) is 2.92. The van der Waals surface area contributed by atoms with Crippen LogP contribution in [-0.2, 0) is 6.42 Å². The molecule has 0 aromatic heterocycles. The Kier molecular flexibility index (Phi) is 5.74. The number of amides is 1. The van der Waals surface area contributed by atoms with Gasteiger partial charge < -0.3 is 10.0 Å². The topological polar surface area (TPSA) is 83.7 Å². The van der Waals surface area contributed by atoms with Crippen LogP contribution in [0.3, 0.4) is 0 Å². The van der Waals surface area contributed by atoms with Gasteiger partial charge in [0.1, 0.15) is 11.3 Å². The van der Waals surface area contributed by atoms with Crippen LogP contribution >= 0.6 is 0 Å². The third-order valence-electron chi connectivity index (χ3n) is 5.33. The molecule has 0 saturated carbocycles. The fourth-order valence-electron chi connectivity index (χ4n) is 3.70. The lowest BCUT2D eigenvalue weighted by atomic mass is 9.90. The van der Waals surface area contributed by atoms with Crippen molar-refractivity contribution in [1.29, 1.82) is 0 Å². The maximum Gasteiger partial charge on any atom is 0.285 e. The summed E-state index contributed by atoms with van der Waals surface area (Å²) in [4.78, 5) is 25.4. The number of hydrogen-bond acceptors (Lipinski definition) is 4. The van der Waals surface area contributed by atoms with E-state index in [0.717, 1.165) is 25.7 Å². The second-order valence-electron chi connectivity index (χ2n) is 7.17. The van der Waals surface area contributed by atoms with Gasteiger partial charge >= 0.3 is 0 Å². The molecule has 1 aliphatic rings. The number of phenols is 1. The standard InChI is InChI=1S/C21H24N2O4/c1-15-3-2-4-19(20(15)23(26)27)21(25)22-13-11-17(12-14-22)6-5-16-7-9-18(24)10-8-16/h2-4,7-10,17,24H,5-6,11-14H2,1H3. The lowest BCUT2D eigenvalue weighted by Gasteiger charge is -2.32. The number of phenolic OH excluding ortho intramolecular Hbond substituents is 1. The van der Waals surface area contributed by atoms with Gasteiger partial charge in [-0.3, -0.25) is 14.9 Å². The summed E-state index contributed by atoms with van der Waals surface area (Å²) in [5, 5.41) is 20.7. The van der Waals surface area contributed by atoms with E-state index in [9.17, 15) is 20.0 Å².